The summed E-state index contributed by atoms with van der Waals surface area (Å²) in [6.45, 7) is 3.03. The summed E-state index contributed by atoms with van der Waals surface area (Å²) >= 11 is 0. The average Bonchev–Trinajstić information content (AvgIpc) is 2.42. The molecule has 0 atom stereocenters. The number of hydrogen-bond acceptors (Lipinski definition) is 2. The first-order valence-electron chi connectivity index (χ1n) is 7.65. The predicted octanol–water partition coefficient (Wildman–Crippen LogP) is 3.97. The van der Waals surface area contributed by atoms with Gasteiger partial charge in [-0.3, -0.25) is 4.48 Å². The summed E-state index contributed by atoms with van der Waals surface area (Å²) < 4.78 is 0.297. The molecule has 1 rings (SSSR count). The number of rotatable bonds is 8. The van der Waals surface area contributed by atoms with E-state index >= 15 is 0 Å². The van der Waals surface area contributed by atoms with Crippen LogP contribution in [0.5, 0.6) is 5.75 Å². The first kappa shape index (κ1) is 16.7. The van der Waals surface area contributed by atoms with Crippen molar-refractivity contribution in [1.82, 2.24) is 0 Å². The van der Waals surface area contributed by atoms with Crippen LogP contribution in [0.3, 0.4) is 0 Å². The molecule has 0 bridgehead atoms. The van der Waals surface area contributed by atoms with Gasteiger partial charge in [-0.25, -0.2) is 4.79 Å². The number of aromatic hydroxyl groups is 1. The topological polar surface area (TPSA) is 37.3 Å². The third-order valence-corrected chi connectivity index (χ3v) is 3.75. The Morgan fingerprint density at radius 1 is 1.05 bits per heavy atom. The van der Waals surface area contributed by atoms with Crippen molar-refractivity contribution in [1.29, 1.82) is 0 Å². The summed E-state index contributed by atoms with van der Waals surface area (Å²) in [4.78, 5) is 12.5. The largest absolute Gasteiger partial charge is 0.507 e. The van der Waals surface area contributed by atoms with Gasteiger partial charge in [0, 0.05) is 0 Å². The Hall–Kier alpha value is -1.35. The van der Waals surface area contributed by atoms with Crippen LogP contribution in [0.2, 0.25) is 0 Å². The van der Waals surface area contributed by atoms with E-state index in [-0.39, 0.29) is 11.7 Å². The fourth-order valence-electron chi connectivity index (χ4n) is 2.37. The lowest BCUT2D eigenvalue weighted by molar-refractivity contribution is -0.807. The molecule has 0 saturated carbocycles. The van der Waals surface area contributed by atoms with Gasteiger partial charge < -0.3 is 5.11 Å². The summed E-state index contributed by atoms with van der Waals surface area (Å²) in [5.41, 5.74) is 0.420. The Balaban J connectivity index is 2.47. The highest BCUT2D eigenvalue weighted by atomic mass is 16.3. The number of hydrogen-bond donors (Lipinski definition) is 1. The smallest absolute Gasteiger partial charge is 0.349 e. The number of nitrogens with zero attached hydrogens (tertiary/aromatic N) is 1. The SMILES string of the molecule is CCCCCCCC[N+](C)(C)C(=O)c1ccccc1O. The Kier molecular flexibility index (Phi) is 6.73. The van der Waals surface area contributed by atoms with Crippen molar-refractivity contribution in [2.24, 2.45) is 0 Å². The van der Waals surface area contributed by atoms with Crippen LogP contribution in [0.15, 0.2) is 24.3 Å². The van der Waals surface area contributed by atoms with Gasteiger partial charge in [-0.05, 0) is 25.0 Å². The van der Waals surface area contributed by atoms with Gasteiger partial charge in [-0.2, -0.15) is 0 Å². The zero-order valence-electron chi connectivity index (χ0n) is 13.1. The molecule has 0 unspecified atom stereocenters. The van der Waals surface area contributed by atoms with Crippen LogP contribution in [0.1, 0.15) is 55.8 Å². The molecule has 0 fully saturated rings. The molecule has 0 aliphatic rings. The number of carbonyl (C=O) groups excluding carboxylic acids is 1. The molecule has 3 nitrogen and oxygen atoms in total. The average molecular weight is 278 g/mol. The molecule has 0 heterocycles. The number of phenols is 1. The molecule has 0 saturated heterocycles. The van der Waals surface area contributed by atoms with Crippen LogP contribution in [0, 0.1) is 0 Å². The van der Waals surface area contributed by atoms with E-state index in [2.05, 4.69) is 6.92 Å². The summed E-state index contributed by atoms with van der Waals surface area (Å²) in [5, 5.41) is 9.78. The van der Waals surface area contributed by atoms with E-state index in [4.69, 9.17) is 0 Å². The number of benzene rings is 1. The van der Waals surface area contributed by atoms with Crippen molar-refractivity contribution >= 4 is 5.91 Å². The van der Waals surface area contributed by atoms with Crippen molar-refractivity contribution in [3.8, 4) is 5.75 Å². The highest BCUT2D eigenvalue weighted by molar-refractivity contribution is 5.91. The van der Waals surface area contributed by atoms with Crippen LogP contribution < -0.4 is 0 Å². The molecule has 0 spiro atoms. The molecule has 1 amide bonds. The second kappa shape index (κ2) is 8.05. The number of quaternary nitrogens is 1. The zero-order chi connectivity index (χ0) is 15.0. The minimum Gasteiger partial charge on any atom is -0.507 e. The van der Waals surface area contributed by atoms with Crippen LogP contribution in [-0.4, -0.2) is 36.1 Å². The monoisotopic (exact) mass is 278 g/mol. The van der Waals surface area contributed by atoms with Gasteiger partial charge in [0.15, 0.2) is 0 Å². The molecule has 0 aliphatic carbocycles. The summed E-state index contributed by atoms with van der Waals surface area (Å²) in [6.07, 6.45) is 7.32. The molecule has 20 heavy (non-hydrogen) atoms. The standard InChI is InChI=1S/C17H27NO2/c1-4-5-6-7-8-11-14-18(2,3)17(20)15-12-9-10-13-16(15)19/h9-10,12-13H,4-8,11,14H2,1-3H3/p+1. The molecule has 0 aliphatic heterocycles. The van der Waals surface area contributed by atoms with Gasteiger partial charge in [-0.1, -0.05) is 44.7 Å². The van der Waals surface area contributed by atoms with Crippen molar-refractivity contribution in [3.63, 3.8) is 0 Å². The predicted molar refractivity (Wildman–Crippen MR) is 82.8 cm³/mol. The molecule has 3 heteroatoms. The molecule has 1 N–H and O–H groups in total. The number of carbonyl (C=O) groups is 1. The molecular weight excluding hydrogens is 250 g/mol. The third-order valence-electron chi connectivity index (χ3n) is 3.75. The van der Waals surface area contributed by atoms with Crippen LogP contribution in [-0.2, 0) is 0 Å². The van der Waals surface area contributed by atoms with Gasteiger partial charge in [0.05, 0.1) is 20.6 Å². The quantitative estimate of drug-likeness (QED) is 0.577. The number of unbranched alkanes of at least 4 members (excludes halogenated alkanes) is 5. The fraction of sp³-hybridized carbons (Fsp3) is 0.588. The summed E-state index contributed by atoms with van der Waals surface area (Å²) in [7, 11) is 3.83. The maximum absolute atomic E-state index is 12.5. The molecule has 112 valence electrons. The Bertz CT molecular complexity index is 427. The summed E-state index contributed by atoms with van der Waals surface area (Å²) in [5.74, 6) is 0.0586. The van der Waals surface area contributed by atoms with E-state index < -0.39 is 0 Å². The minimum absolute atomic E-state index is 0.0170. The van der Waals surface area contributed by atoms with Crippen molar-refractivity contribution in [3.05, 3.63) is 29.8 Å². The lowest BCUT2D eigenvalue weighted by Gasteiger charge is -2.27. The first-order valence-corrected chi connectivity index (χ1v) is 7.65. The second-order valence-electron chi connectivity index (χ2n) is 6.00. The normalized spacial score (nSPS) is 11.6. The molecule has 1 aromatic carbocycles. The Labute approximate surface area is 122 Å². The van der Waals surface area contributed by atoms with Crippen molar-refractivity contribution < 1.29 is 14.4 Å². The maximum atomic E-state index is 12.5. The highest BCUT2D eigenvalue weighted by Gasteiger charge is 2.29. The minimum atomic E-state index is -0.0170. The molecule has 0 radical (unpaired) electrons. The van der Waals surface area contributed by atoms with Crippen LogP contribution in [0.4, 0.5) is 0 Å². The Morgan fingerprint density at radius 3 is 2.30 bits per heavy atom. The van der Waals surface area contributed by atoms with E-state index in [0.29, 0.717) is 10.0 Å². The number of para-hydroxylation sites is 1. The van der Waals surface area contributed by atoms with Gasteiger partial charge in [-0.15, -0.1) is 0 Å². The summed E-state index contributed by atoms with van der Waals surface area (Å²) in [6, 6.07) is 6.79. The van der Waals surface area contributed by atoms with Gasteiger partial charge in [0.25, 0.3) is 0 Å². The highest BCUT2D eigenvalue weighted by Crippen LogP contribution is 2.20. The molecule has 1 aromatic rings. The number of amides is 1. The van der Waals surface area contributed by atoms with Crippen molar-refractivity contribution in [2.75, 3.05) is 20.6 Å². The van der Waals surface area contributed by atoms with E-state index in [1.165, 1.54) is 32.1 Å². The second-order valence-corrected chi connectivity index (χ2v) is 6.00. The lowest BCUT2D eigenvalue weighted by atomic mass is 10.1. The Morgan fingerprint density at radius 2 is 1.65 bits per heavy atom. The lowest BCUT2D eigenvalue weighted by Crippen LogP contribution is -2.46. The van der Waals surface area contributed by atoms with E-state index in [0.717, 1.165) is 13.0 Å². The van der Waals surface area contributed by atoms with Crippen LogP contribution in [0.25, 0.3) is 0 Å². The van der Waals surface area contributed by atoms with Crippen molar-refractivity contribution in [2.45, 2.75) is 45.4 Å². The molecular formula is C17H28NO2+. The first-order chi connectivity index (χ1) is 9.49. The van der Waals surface area contributed by atoms with E-state index in [1.807, 2.05) is 14.1 Å². The van der Waals surface area contributed by atoms with Gasteiger partial charge in [0.1, 0.15) is 11.3 Å². The van der Waals surface area contributed by atoms with Crippen LogP contribution >= 0.6 is 0 Å². The maximum Gasteiger partial charge on any atom is 0.349 e. The number of phenolic OH excluding ortho intramolecular Hbond substituents is 1. The zero-order valence-corrected chi connectivity index (χ0v) is 13.1. The van der Waals surface area contributed by atoms with E-state index in [1.54, 1.807) is 24.3 Å². The molecule has 0 aromatic heterocycles. The van der Waals surface area contributed by atoms with Gasteiger partial charge >= 0.3 is 5.91 Å². The fourth-order valence-corrected chi connectivity index (χ4v) is 2.37. The van der Waals surface area contributed by atoms with Gasteiger partial charge in [0.2, 0.25) is 0 Å². The van der Waals surface area contributed by atoms with E-state index in [9.17, 15) is 9.90 Å². The third kappa shape index (κ3) is 4.97.